The summed E-state index contributed by atoms with van der Waals surface area (Å²) in [6, 6.07) is 19.0. The molecule has 8 heteroatoms. The number of aromatic nitrogens is 4. The zero-order valence-corrected chi connectivity index (χ0v) is 15.7. The van der Waals surface area contributed by atoms with Crippen LogP contribution in [0.4, 0.5) is 0 Å². The van der Waals surface area contributed by atoms with E-state index in [0.29, 0.717) is 28.4 Å². The summed E-state index contributed by atoms with van der Waals surface area (Å²) in [4.78, 5) is 4.41. The highest BCUT2D eigenvalue weighted by Crippen LogP contribution is 2.24. The summed E-state index contributed by atoms with van der Waals surface area (Å²) in [6.45, 7) is 0.303. The van der Waals surface area contributed by atoms with Gasteiger partial charge in [0.25, 0.3) is 0 Å². The molecule has 0 aliphatic carbocycles. The van der Waals surface area contributed by atoms with Crippen molar-refractivity contribution in [3.05, 3.63) is 77.2 Å². The van der Waals surface area contributed by atoms with Gasteiger partial charge in [0, 0.05) is 22.4 Å². The summed E-state index contributed by atoms with van der Waals surface area (Å²) in [5.74, 6) is 2.74. The highest BCUT2D eigenvalue weighted by atomic mass is 35.5. The van der Waals surface area contributed by atoms with Gasteiger partial charge < -0.3 is 9.26 Å². The summed E-state index contributed by atoms with van der Waals surface area (Å²) in [5.41, 5.74) is 1.84. The Morgan fingerprint density at radius 2 is 1.89 bits per heavy atom. The minimum absolute atomic E-state index is 0.303. The van der Waals surface area contributed by atoms with Crippen LogP contribution >= 0.6 is 23.4 Å². The van der Waals surface area contributed by atoms with Crippen LogP contribution in [0.5, 0.6) is 5.75 Å². The molecule has 0 amide bonds. The third kappa shape index (κ3) is 4.69. The van der Waals surface area contributed by atoms with E-state index in [1.165, 1.54) is 11.8 Å². The molecular formula is C19H15ClN4O2S. The normalized spacial score (nSPS) is 10.9. The maximum Gasteiger partial charge on any atom is 0.208 e. The number of thioether (sulfide) groups is 1. The molecule has 4 rings (SSSR count). The lowest BCUT2D eigenvalue weighted by molar-refractivity contribution is 0.296. The molecule has 2 heterocycles. The van der Waals surface area contributed by atoms with E-state index in [1.807, 2.05) is 48.5 Å². The van der Waals surface area contributed by atoms with Gasteiger partial charge in [0.2, 0.25) is 5.16 Å². The fourth-order valence-corrected chi connectivity index (χ4v) is 3.17. The van der Waals surface area contributed by atoms with Crippen molar-refractivity contribution in [1.29, 1.82) is 0 Å². The topological polar surface area (TPSA) is 76.8 Å². The average Bonchev–Trinajstić information content (AvgIpc) is 3.36. The first-order valence-electron chi connectivity index (χ1n) is 8.20. The van der Waals surface area contributed by atoms with Crippen LogP contribution in [0.3, 0.4) is 0 Å². The third-order valence-electron chi connectivity index (χ3n) is 3.67. The van der Waals surface area contributed by atoms with Crippen LogP contribution < -0.4 is 4.74 Å². The largest absolute Gasteiger partial charge is 0.486 e. The minimum Gasteiger partial charge on any atom is -0.486 e. The van der Waals surface area contributed by atoms with E-state index in [2.05, 4.69) is 20.3 Å². The van der Waals surface area contributed by atoms with Gasteiger partial charge in [-0.3, -0.25) is 5.10 Å². The molecule has 27 heavy (non-hydrogen) atoms. The van der Waals surface area contributed by atoms with Gasteiger partial charge in [-0.15, -0.1) is 5.10 Å². The third-order valence-corrected chi connectivity index (χ3v) is 4.80. The predicted octanol–water partition coefficient (Wildman–Crippen LogP) is 4.98. The second-order valence-corrected chi connectivity index (χ2v) is 7.02. The fourth-order valence-electron chi connectivity index (χ4n) is 2.35. The van der Waals surface area contributed by atoms with Crippen LogP contribution in [0.1, 0.15) is 11.5 Å². The monoisotopic (exact) mass is 398 g/mol. The number of rotatable bonds is 7. The van der Waals surface area contributed by atoms with Crippen molar-refractivity contribution in [3.8, 4) is 17.1 Å². The molecule has 2 aromatic heterocycles. The van der Waals surface area contributed by atoms with Gasteiger partial charge in [0.1, 0.15) is 12.4 Å². The van der Waals surface area contributed by atoms with Gasteiger partial charge >= 0.3 is 0 Å². The van der Waals surface area contributed by atoms with Crippen molar-refractivity contribution in [1.82, 2.24) is 20.3 Å². The molecule has 4 aromatic rings. The Morgan fingerprint density at radius 1 is 1.07 bits per heavy atom. The lowest BCUT2D eigenvalue weighted by Gasteiger charge is -2.02. The van der Waals surface area contributed by atoms with Gasteiger partial charge in [-0.05, 0) is 24.3 Å². The second-order valence-electron chi connectivity index (χ2n) is 5.64. The molecule has 0 radical (unpaired) electrons. The SMILES string of the molecule is Clc1ccc(OCc2nc(SCc3cc(-c4ccccc4)on3)n[nH]2)cc1. The van der Waals surface area contributed by atoms with Crippen molar-refractivity contribution >= 4 is 23.4 Å². The van der Waals surface area contributed by atoms with Crippen LogP contribution in [0.2, 0.25) is 5.02 Å². The van der Waals surface area contributed by atoms with Crippen LogP contribution in [-0.2, 0) is 12.4 Å². The summed E-state index contributed by atoms with van der Waals surface area (Å²) >= 11 is 7.33. The number of H-pyrrole nitrogens is 1. The molecule has 0 saturated carbocycles. The molecular weight excluding hydrogens is 384 g/mol. The van der Waals surface area contributed by atoms with Crippen LogP contribution in [0.25, 0.3) is 11.3 Å². The van der Waals surface area contributed by atoms with Crippen molar-refractivity contribution in [2.24, 2.45) is 0 Å². The molecule has 0 bridgehead atoms. The molecule has 2 aromatic carbocycles. The van der Waals surface area contributed by atoms with Crippen molar-refractivity contribution in [2.45, 2.75) is 17.5 Å². The fraction of sp³-hybridized carbons (Fsp3) is 0.105. The number of nitrogens with zero attached hydrogens (tertiary/aromatic N) is 3. The van der Waals surface area contributed by atoms with E-state index in [-0.39, 0.29) is 0 Å². The number of hydrogen-bond acceptors (Lipinski definition) is 6. The zero-order chi connectivity index (χ0) is 18.5. The molecule has 0 spiro atoms. The Morgan fingerprint density at radius 3 is 2.70 bits per heavy atom. The molecule has 1 N–H and O–H groups in total. The first kappa shape index (κ1) is 17.6. The van der Waals surface area contributed by atoms with Crippen molar-refractivity contribution in [3.63, 3.8) is 0 Å². The van der Waals surface area contributed by atoms with Gasteiger partial charge in [-0.1, -0.05) is 58.9 Å². The Balaban J connectivity index is 1.31. The van der Waals surface area contributed by atoms with Crippen LogP contribution in [-0.4, -0.2) is 20.3 Å². The standard InChI is InChI=1S/C19H15ClN4O2S/c20-14-6-8-16(9-7-14)25-11-18-21-19(23-22-18)27-12-15-10-17(26-24-15)13-4-2-1-3-5-13/h1-10H,11-12H2,(H,21,22,23). The molecule has 0 aliphatic rings. The summed E-state index contributed by atoms with van der Waals surface area (Å²) < 4.78 is 11.0. The highest BCUT2D eigenvalue weighted by molar-refractivity contribution is 7.98. The Kier molecular flexibility index (Phi) is 5.41. The van der Waals surface area contributed by atoms with Crippen LogP contribution in [0, 0.1) is 0 Å². The molecule has 6 nitrogen and oxygen atoms in total. The van der Waals surface area contributed by atoms with Gasteiger partial charge in [0.15, 0.2) is 11.6 Å². The maximum atomic E-state index is 5.86. The van der Waals surface area contributed by atoms with E-state index in [4.69, 9.17) is 20.9 Å². The van der Waals surface area contributed by atoms with E-state index in [0.717, 1.165) is 22.8 Å². The number of aromatic amines is 1. The predicted molar refractivity (Wildman–Crippen MR) is 104 cm³/mol. The lowest BCUT2D eigenvalue weighted by Crippen LogP contribution is -1.97. The van der Waals surface area contributed by atoms with Gasteiger partial charge in [-0.2, -0.15) is 0 Å². The molecule has 0 atom stereocenters. The smallest absolute Gasteiger partial charge is 0.208 e. The molecule has 0 saturated heterocycles. The lowest BCUT2D eigenvalue weighted by atomic mass is 10.2. The quantitative estimate of drug-likeness (QED) is 0.442. The van der Waals surface area contributed by atoms with E-state index in [9.17, 15) is 0 Å². The summed E-state index contributed by atoms with van der Waals surface area (Å²) in [6.07, 6.45) is 0. The Labute approximate surface area is 164 Å². The van der Waals surface area contributed by atoms with Crippen molar-refractivity contribution < 1.29 is 9.26 Å². The zero-order valence-electron chi connectivity index (χ0n) is 14.1. The number of hydrogen-bond donors (Lipinski definition) is 1. The maximum absolute atomic E-state index is 5.86. The Bertz CT molecular complexity index is 1000. The number of nitrogens with one attached hydrogen (secondary N) is 1. The number of benzene rings is 2. The van der Waals surface area contributed by atoms with Crippen molar-refractivity contribution in [2.75, 3.05) is 0 Å². The number of ether oxygens (including phenoxy) is 1. The van der Waals surface area contributed by atoms with E-state index < -0.39 is 0 Å². The van der Waals surface area contributed by atoms with E-state index >= 15 is 0 Å². The number of halogens is 1. The molecule has 0 aliphatic heterocycles. The first-order valence-corrected chi connectivity index (χ1v) is 9.56. The molecule has 136 valence electrons. The van der Waals surface area contributed by atoms with Gasteiger partial charge in [0.05, 0.1) is 5.69 Å². The highest BCUT2D eigenvalue weighted by Gasteiger charge is 2.09. The average molecular weight is 399 g/mol. The summed E-state index contributed by atoms with van der Waals surface area (Å²) in [5, 5.41) is 12.5. The molecule has 0 fully saturated rings. The van der Waals surface area contributed by atoms with E-state index in [1.54, 1.807) is 12.1 Å². The molecule has 0 unspecified atom stereocenters. The Hall–Kier alpha value is -2.77. The first-order chi connectivity index (χ1) is 13.3. The summed E-state index contributed by atoms with van der Waals surface area (Å²) in [7, 11) is 0. The minimum atomic E-state index is 0.303. The second kappa shape index (κ2) is 8.28. The van der Waals surface area contributed by atoms with Crippen LogP contribution in [0.15, 0.2) is 70.3 Å². The van der Waals surface area contributed by atoms with Gasteiger partial charge in [-0.25, -0.2) is 4.98 Å².